The van der Waals surface area contributed by atoms with Gasteiger partial charge in [0, 0.05) is 32.4 Å². The average Bonchev–Trinajstić information content (AvgIpc) is 2.91. The molecular weight excluding hydrogens is 515 g/mol. The first-order valence-electron chi connectivity index (χ1n) is 11.9. The second-order valence-electron chi connectivity index (χ2n) is 8.66. The van der Waals surface area contributed by atoms with Gasteiger partial charge in [-0.3, -0.25) is 9.59 Å². The highest BCUT2D eigenvalue weighted by atomic mass is 35.5. The number of hydrogen-bond acceptors (Lipinski definition) is 6. The fraction of sp³-hybridized carbons (Fsp3) is 0.296. The summed E-state index contributed by atoms with van der Waals surface area (Å²) in [5, 5.41) is 3.39. The van der Waals surface area contributed by atoms with E-state index < -0.39 is 11.9 Å². The molecule has 1 N–H and O–H groups in total. The number of amides is 2. The first-order chi connectivity index (χ1) is 17.9. The standard InChI is InChI=1S/C27H28Cl2N4O4/c1-32-13-15-33(16-14-32)27(35)23(18-36-17-19-7-3-2-4-8-19)31-25(34)20-9-6-12-30-26(20)37-24-21(28)10-5-11-22(24)29/h2-12,23H,13-18H2,1H3,(H,31,34). The van der Waals surface area contributed by atoms with E-state index in [0.29, 0.717) is 19.7 Å². The highest BCUT2D eigenvalue weighted by molar-refractivity contribution is 6.37. The van der Waals surface area contributed by atoms with Gasteiger partial charge in [-0.05, 0) is 36.9 Å². The number of carbonyl (C=O) groups excluding carboxylic acids is 2. The minimum Gasteiger partial charge on any atom is -0.435 e. The first-order valence-corrected chi connectivity index (χ1v) is 12.6. The maximum atomic E-state index is 13.4. The summed E-state index contributed by atoms with van der Waals surface area (Å²) in [4.78, 5) is 34.9. The van der Waals surface area contributed by atoms with E-state index in [0.717, 1.165) is 18.7 Å². The van der Waals surface area contributed by atoms with Crippen LogP contribution in [-0.4, -0.2) is 72.5 Å². The van der Waals surface area contributed by atoms with E-state index in [1.165, 1.54) is 6.20 Å². The molecule has 4 rings (SSSR count). The molecule has 0 spiro atoms. The van der Waals surface area contributed by atoms with Crippen molar-refractivity contribution in [1.29, 1.82) is 0 Å². The number of para-hydroxylation sites is 1. The molecule has 1 aromatic heterocycles. The van der Waals surface area contributed by atoms with Gasteiger partial charge in [0.2, 0.25) is 11.8 Å². The highest BCUT2D eigenvalue weighted by Crippen LogP contribution is 2.36. The molecule has 0 aliphatic carbocycles. The third kappa shape index (κ3) is 7.20. The second kappa shape index (κ2) is 12.9. The zero-order valence-corrected chi connectivity index (χ0v) is 21.9. The molecule has 1 unspecified atom stereocenters. The van der Waals surface area contributed by atoms with Crippen LogP contribution in [0.5, 0.6) is 11.6 Å². The van der Waals surface area contributed by atoms with Gasteiger partial charge in [-0.15, -0.1) is 0 Å². The van der Waals surface area contributed by atoms with Crippen molar-refractivity contribution in [2.75, 3.05) is 39.8 Å². The van der Waals surface area contributed by atoms with Gasteiger partial charge in [0.25, 0.3) is 5.91 Å². The van der Waals surface area contributed by atoms with Crippen LogP contribution in [0.3, 0.4) is 0 Å². The molecule has 194 valence electrons. The van der Waals surface area contributed by atoms with Crippen LogP contribution in [0.2, 0.25) is 10.0 Å². The zero-order chi connectivity index (χ0) is 26.2. The van der Waals surface area contributed by atoms with Crippen molar-refractivity contribution in [3.8, 4) is 11.6 Å². The lowest BCUT2D eigenvalue weighted by Crippen LogP contribution is -2.55. The molecule has 0 radical (unpaired) electrons. The van der Waals surface area contributed by atoms with Crippen molar-refractivity contribution in [3.63, 3.8) is 0 Å². The maximum absolute atomic E-state index is 13.4. The topological polar surface area (TPSA) is 84.0 Å². The van der Waals surface area contributed by atoms with Gasteiger partial charge in [0.15, 0.2) is 5.75 Å². The fourth-order valence-corrected chi connectivity index (χ4v) is 4.32. The van der Waals surface area contributed by atoms with Crippen molar-refractivity contribution >= 4 is 35.0 Å². The number of nitrogens with zero attached hydrogens (tertiary/aromatic N) is 3. The van der Waals surface area contributed by atoms with Crippen LogP contribution in [0, 0.1) is 0 Å². The molecule has 1 atom stereocenters. The molecule has 1 aliphatic rings. The molecular formula is C27H28Cl2N4O4. The van der Waals surface area contributed by atoms with Crippen LogP contribution in [-0.2, 0) is 16.1 Å². The lowest BCUT2D eigenvalue weighted by atomic mass is 10.2. The van der Waals surface area contributed by atoms with Gasteiger partial charge >= 0.3 is 0 Å². The second-order valence-corrected chi connectivity index (χ2v) is 9.48. The summed E-state index contributed by atoms with van der Waals surface area (Å²) in [5.74, 6) is -0.516. The minimum absolute atomic E-state index is 0.0125. The Bertz CT molecular complexity index is 1200. The van der Waals surface area contributed by atoms with Crippen LogP contribution in [0.4, 0.5) is 0 Å². The predicted molar refractivity (Wildman–Crippen MR) is 142 cm³/mol. The maximum Gasteiger partial charge on any atom is 0.257 e. The summed E-state index contributed by atoms with van der Waals surface area (Å²) in [6, 6.07) is 16.9. The lowest BCUT2D eigenvalue weighted by Gasteiger charge is -2.34. The number of halogens is 2. The van der Waals surface area contributed by atoms with E-state index >= 15 is 0 Å². The van der Waals surface area contributed by atoms with E-state index in [1.807, 2.05) is 37.4 Å². The number of benzene rings is 2. The molecule has 1 aliphatic heterocycles. The fourth-order valence-electron chi connectivity index (χ4n) is 3.85. The molecule has 37 heavy (non-hydrogen) atoms. The van der Waals surface area contributed by atoms with E-state index in [-0.39, 0.29) is 39.8 Å². The molecule has 3 aromatic rings. The molecule has 0 bridgehead atoms. The Morgan fingerprint density at radius 2 is 1.68 bits per heavy atom. The van der Waals surface area contributed by atoms with E-state index in [1.54, 1.807) is 35.2 Å². The number of pyridine rings is 1. The molecule has 2 amide bonds. The van der Waals surface area contributed by atoms with Crippen molar-refractivity contribution < 1.29 is 19.1 Å². The number of carbonyl (C=O) groups is 2. The van der Waals surface area contributed by atoms with E-state index in [2.05, 4.69) is 15.2 Å². The Balaban J connectivity index is 1.51. The van der Waals surface area contributed by atoms with Gasteiger partial charge in [-0.25, -0.2) is 4.98 Å². The van der Waals surface area contributed by atoms with Crippen LogP contribution < -0.4 is 10.1 Å². The van der Waals surface area contributed by atoms with E-state index in [9.17, 15) is 9.59 Å². The van der Waals surface area contributed by atoms with Gasteiger partial charge in [-0.2, -0.15) is 0 Å². The molecule has 1 fully saturated rings. The summed E-state index contributed by atoms with van der Waals surface area (Å²) in [6.07, 6.45) is 1.49. The minimum atomic E-state index is -0.892. The zero-order valence-electron chi connectivity index (χ0n) is 20.4. The van der Waals surface area contributed by atoms with Crippen molar-refractivity contribution in [3.05, 3.63) is 88.0 Å². The molecule has 2 aromatic carbocycles. The molecule has 8 nitrogen and oxygen atoms in total. The summed E-state index contributed by atoms with van der Waals surface area (Å²) in [5.41, 5.74) is 1.11. The largest absolute Gasteiger partial charge is 0.435 e. The Morgan fingerprint density at radius 1 is 0.973 bits per heavy atom. The Kier molecular flexibility index (Phi) is 9.35. The van der Waals surface area contributed by atoms with E-state index in [4.69, 9.17) is 32.7 Å². The van der Waals surface area contributed by atoms with Gasteiger partial charge in [0.1, 0.15) is 11.6 Å². The monoisotopic (exact) mass is 542 g/mol. The molecule has 1 saturated heterocycles. The van der Waals surface area contributed by atoms with Crippen molar-refractivity contribution in [2.24, 2.45) is 0 Å². The quantitative estimate of drug-likeness (QED) is 0.434. The Labute approximate surface area is 226 Å². The summed E-state index contributed by atoms with van der Waals surface area (Å²) in [7, 11) is 2.01. The van der Waals surface area contributed by atoms with Crippen LogP contribution in [0.1, 0.15) is 15.9 Å². The molecule has 10 heteroatoms. The first kappa shape index (κ1) is 26.9. The summed E-state index contributed by atoms with van der Waals surface area (Å²) >= 11 is 12.5. The van der Waals surface area contributed by atoms with Gasteiger partial charge in [-0.1, -0.05) is 59.6 Å². The number of rotatable bonds is 9. The summed E-state index contributed by atoms with van der Waals surface area (Å²) < 4.78 is 11.7. The third-order valence-corrected chi connectivity index (χ3v) is 6.54. The number of hydrogen-bond donors (Lipinski definition) is 1. The normalized spacial score (nSPS) is 14.7. The van der Waals surface area contributed by atoms with Crippen molar-refractivity contribution in [1.82, 2.24) is 20.1 Å². The predicted octanol–water partition coefficient (Wildman–Crippen LogP) is 4.27. The highest BCUT2D eigenvalue weighted by Gasteiger charge is 2.29. The summed E-state index contributed by atoms with van der Waals surface area (Å²) in [6.45, 7) is 3.00. The van der Waals surface area contributed by atoms with Crippen molar-refractivity contribution in [2.45, 2.75) is 12.6 Å². The molecule has 0 saturated carbocycles. The van der Waals surface area contributed by atoms with Crippen LogP contribution in [0.15, 0.2) is 66.9 Å². The number of piperazine rings is 1. The SMILES string of the molecule is CN1CCN(C(=O)C(COCc2ccccc2)NC(=O)c2cccnc2Oc2c(Cl)cccc2Cl)CC1. The smallest absolute Gasteiger partial charge is 0.257 e. The molecule has 2 heterocycles. The Hall–Kier alpha value is -3.17. The van der Waals surface area contributed by atoms with Gasteiger partial charge in [0.05, 0.1) is 23.3 Å². The average molecular weight is 543 g/mol. The van der Waals surface area contributed by atoms with Crippen LogP contribution in [0.25, 0.3) is 0 Å². The Morgan fingerprint density at radius 3 is 2.38 bits per heavy atom. The number of aromatic nitrogens is 1. The lowest BCUT2D eigenvalue weighted by molar-refractivity contribution is -0.136. The number of ether oxygens (including phenoxy) is 2. The number of likely N-dealkylation sites (N-methyl/N-ethyl adjacent to an activating group) is 1. The number of nitrogens with one attached hydrogen (secondary N) is 1. The van der Waals surface area contributed by atoms with Crippen LogP contribution >= 0.6 is 23.2 Å². The third-order valence-electron chi connectivity index (χ3n) is 5.95. The van der Waals surface area contributed by atoms with Gasteiger partial charge < -0.3 is 24.6 Å².